The van der Waals surface area contributed by atoms with E-state index in [9.17, 15) is 9.90 Å². The van der Waals surface area contributed by atoms with Crippen molar-refractivity contribution in [3.8, 4) is 5.75 Å². The molecule has 0 amide bonds. The van der Waals surface area contributed by atoms with E-state index < -0.39 is 0 Å². The normalized spacial score (nSPS) is 36.6. The number of rotatable bonds is 1. The highest BCUT2D eigenvalue weighted by atomic mass is 32.2. The van der Waals surface area contributed by atoms with Gasteiger partial charge in [-0.05, 0) is 79.4 Å². The first-order valence-corrected chi connectivity index (χ1v) is 9.70. The molecule has 2 nitrogen and oxygen atoms in total. The summed E-state index contributed by atoms with van der Waals surface area (Å²) in [5.74, 6) is 2.79. The average molecular weight is 316 g/mol. The second-order valence-electron chi connectivity index (χ2n) is 7.56. The SMILES string of the molecule is CSc1cc2c(cc1O)CC[C@@H]1[C@@H]2CC[C@]2(C)C(=O)CC[C@@H]12. The van der Waals surface area contributed by atoms with Crippen molar-refractivity contribution in [1.82, 2.24) is 0 Å². The first-order valence-electron chi connectivity index (χ1n) is 8.47. The van der Waals surface area contributed by atoms with E-state index in [2.05, 4.69) is 13.0 Å². The van der Waals surface area contributed by atoms with Crippen LogP contribution in [0.2, 0.25) is 0 Å². The van der Waals surface area contributed by atoms with Gasteiger partial charge in [-0.3, -0.25) is 4.79 Å². The van der Waals surface area contributed by atoms with Gasteiger partial charge in [0.05, 0.1) is 0 Å². The maximum absolute atomic E-state index is 12.4. The third-order valence-corrected chi connectivity index (χ3v) is 7.50. The highest BCUT2D eigenvalue weighted by molar-refractivity contribution is 7.98. The number of thioether (sulfide) groups is 1. The zero-order chi connectivity index (χ0) is 15.5. The smallest absolute Gasteiger partial charge is 0.139 e. The fraction of sp³-hybridized carbons (Fsp3) is 0.632. The molecule has 22 heavy (non-hydrogen) atoms. The van der Waals surface area contributed by atoms with Crippen LogP contribution in [0, 0.1) is 17.3 Å². The molecule has 2 fully saturated rings. The third-order valence-electron chi connectivity index (χ3n) is 6.73. The lowest BCUT2D eigenvalue weighted by atomic mass is 9.55. The van der Waals surface area contributed by atoms with Crippen molar-refractivity contribution in [2.24, 2.45) is 17.3 Å². The monoisotopic (exact) mass is 316 g/mol. The lowest BCUT2D eigenvalue weighted by Gasteiger charge is -2.48. The fourth-order valence-corrected chi connectivity index (χ4v) is 6.03. The Morgan fingerprint density at radius 1 is 1.23 bits per heavy atom. The van der Waals surface area contributed by atoms with Gasteiger partial charge < -0.3 is 5.11 Å². The second-order valence-corrected chi connectivity index (χ2v) is 8.40. The van der Waals surface area contributed by atoms with Crippen molar-refractivity contribution in [3.05, 3.63) is 23.3 Å². The molecule has 0 aromatic heterocycles. The number of aryl methyl sites for hydroxylation is 1. The van der Waals surface area contributed by atoms with Crippen molar-refractivity contribution < 1.29 is 9.90 Å². The molecule has 3 aliphatic carbocycles. The van der Waals surface area contributed by atoms with Crippen LogP contribution in [0.3, 0.4) is 0 Å². The predicted octanol–water partition coefficient (Wildman–Crippen LogP) is 4.54. The first kappa shape index (κ1) is 14.6. The summed E-state index contributed by atoms with van der Waals surface area (Å²) < 4.78 is 0. The molecular formula is C19H24O2S. The van der Waals surface area contributed by atoms with Crippen molar-refractivity contribution in [3.63, 3.8) is 0 Å². The topological polar surface area (TPSA) is 37.3 Å². The lowest BCUT2D eigenvalue weighted by Crippen LogP contribution is -2.42. The molecule has 3 aliphatic rings. The molecule has 0 bridgehead atoms. The lowest BCUT2D eigenvalue weighted by molar-refractivity contribution is -0.129. The molecule has 0 saturated heterocycles. The Kier molecular flexibility index (Phi) is 3.34. The molecule has 0 spiro atoms. The number of hydrogen-bond acceptors (Lipinski definition) is 3. The van der Waals surface area contributed by atoms with E-state index in [1.807, 2.05) is 12.3 Å². The number of phenolic OH excluding ortho intramolecular Hbond substituents is 1. The average Bonchev–Trinajstić information content (AvgIpc) is 2.82. The van der Waals surface area contributed by atoms with Crippen LogP contribution in [0.4, 0.5) is 0 Å². The molecule has 4 rings (SSSR count). The van der Waals surface area contributed by atoms with Gasteiger partial charge in [-0.25, -0.2) is 0 Å². The Balaban J connectivity index is 1.74. The summed E-state index contributed by atoms with van der Waals surface area (Å²) in [7, 11) is 0. The van der Waals surface area contributed by atoms with Gasteiger partial charge in [0.2, 0.25) is 0 Å². The Bertz CT molecular complexity index is 639. The molecule has 0 aliphatic heterocycles. The standard InChI is InChI=1S/C19H24O2S/c1-19-8-7-12-13(15(19)5-6-18(19)21)4-3-11-9-16(20)17(22-2)10-14(11)12/h9-10,12-13,15,20H,3-8H2,1-2H3/t12-,13+,15-,19-/m0/s1. The van der Waals surface area contributed by atoms with Crippen LogP contribution in [-0.4, -0.2) is 17.1 Å². The molecule has 1 aromatic rings. The largest absolute Gasteiger partial charge is 0.507 e. The summed E-state index contributed by atoms with van der Waals surface area (Å²) in [6.45, 7) is 2.23. The maximum Gasteiger partial charge on any atom is 0.139 e. The molecule has 2 saturated carbocycles. The molecule has 4 atom stereocenters. The molecule has 118 valence electrons. The third kappa shape index (κ3) is 1.90. The Hall–Kier alpha value is -0.960. The van der Waals surface area contributed by atoms with Gasteiger partial charge in [-0.2, -0.15) is 0 Å². The van der Waals surface area contributed by atoms with Crippen molar-refractivity contribution in [1.29, 1.82) is 0 Å². The zero-order valence-electron chi connectivity index (χ0n) is 13.4. The number of benzene rings is 1. The number of ketones is 1. The Morgan fingerprint density at radius 2 is 2.05 bits per heavy atom. The van der Waals surface area contributed by atoms with Crippen molar-refractivity contribution >= 4 is 17.5 Å². The van der Waals surface area contributed by atoms with Gasteiger partial charge in [0.25, 0.3) is 0 Å². The van der Waals surface area contributed by atoms with E-state index >= 15 is 0 Å². The van der Waals surface area contributed by atoms with Gasteiger partial charge in [0, 0.05) is 16.7 Å². The molecular weight excluding hydrogens is 292 g/mol. The minimum atomic E-state index is -0.0437. The predicted molar refractivity (Wildman–Crippen MR) is 89.5 cm³/mol. The van der Waals surface area contributed by atoms with E-state index in [0.29, 0.717) is 29.3 Å². The van der Waals surface area contributed by atoms with E-state index in [0.717, 1.165) is 37.0 Å². The number of phenols is 1. The molecule has 1 aromatic carbocycles. The van der Waals surface area contributed by atoms with Crippen LogP contribution < -0.4 is 0 Å². The summed E-state index contributed by atoms with van der Waals surface area (Å²) in [5.41, 5.74) is 2.75. The van der Waals surface area contributed by atoms with Crippen LogP contribution in [0.5, 0.6) is 5.75 Å². The number of carbonyl (C=O) groups is 1. The van der Waals surface area contributed by atoms with Crippen molar-refractivity contribution in [2.45, 2.75) is 56.3 Å². The van der Waals surface area contributed by atoms with Crippen LogP contribution in [0.1, 0.15) is 56.1 Å². The van der Waals surface area contributed by atoms with Gasteiger partial charge >= 0.3 is 0 Å². The van der Waals surface area contributed by atoms with Crippen LogP contribution in [-0.2, 0) is 11.2 Å². The molecule has 1 N–H and O–H groups in total. The zero-order valence-corrected chi connectivity index (χ0v) is 14.2. The molecule has 0 radical (unpaired) electrons. The summed E-state index contributed by atoms with van der Waals surface area (Å²) in [5, 5.41) is 10.1. The van der Waals surface area contributed by atoms with E-state index in [1.54, 1.807) is 11.8 Å². The Morgan fingerprint density at radius 3 is 2.82 bits per heavy atom. The van der Waals surface area contributed by atoms with Crippen LogP contribution in [0.25, 0.3) is 0 Å². The minimum absolute atomic E-state index is 0.0437. The minimum Gasteiger partial charge on any atom is -0.507 e. The summed E-state index contributed by atoms with van der Waals surface area (Å²) >= 11 is 1.62. The number of carbonyl (C=O) groups excluding carboxylic acids is 1. The summed E-state index contributed by atoms with van der Waals surface area (Å²) in [4.78, 5) is 13.4. The van der Waals surface area contributed by atoms with Gasteiger partial charge in [0.1, 0.15) is 11.5 Å². The highest BCUT2D eigenvalue weighted by Gasteiger charge is 2.54. The van der Waals surface area contributed by atoms with E-state index in [-0.39, 0.29) is 5.41 Å². The fourth-order valence-electron chi connectivity index (χ4n) is 5.52. The summed E-state index contributed by atoms with van der Waals surface area (Å²) in [6.07, 6.45) is 8.34. The summed E-state index contributed by atoms with van der Waals surface area (Å²) in [6, 6.07) is 4.22. The Labute approximate surface area is 136 Å². The van der Waals surface area contributed by atoms with Crippen molar-refractivity contribution in [2.75, 3.05) is 6.26 Å². The molecule has 3 heteroatoms. The number of hydrogen-bond donors (Lipinski definition) is 1. The van der Waals surface area contributed by atoms with Gasteiger partial charge in [-0.15, -0.1) is 11.8 Å². The molecule has 0 unspecified atom stereocenters. The number of aromatic hydroxyl groups is 1. The van der Waals surface area contributed by atoms with Gasteiger partial charge in [-0.1, -0.05) is 6.92 Å². The number of fused-ring (bicyclic) bond motifs is 5. The van der Waals surface area contributed by atoms with Crippen LogP contribution >= 0.6 is 11.8 Å². The first-order chi connectivity index (χ1) is 10.5. The highest BCUT2D eigenvalue weighted by Crippen LogP contribution is 2.59. The van der Waals surface area contributed by atoms with E-state index in [4.69, 9.17) is 0 Å². The van der Waals surface area contributed by atoms with Gasteiger partial charge in [0.15, 0.2) is 0 Å². The maximum atomic E-state index is 12.4. The number of Topliss-reactive ketones (excluding diaryl/α,β-unsaturated/α-hetero) is 1. The van der Waals surface area contributed by atoms with E-state index in [1.165, 1.54) is 17.5 Å². The molecule has 0 heterocycles. The second kappa shape index (κ2) is 5.02. The van der Waals surface area contributed by atoms with Crippen LogP contribution in [0.15, 0.2) is 17.0 Å². The quantitative estimate of drug-likeness (QED) is 0.773.